The van der Waals surface area contributed by atoms with Gasteiger partial charge in [-0.3, -0.25) is 4.79 Å². The highest BCUT2D eigenvalue weighted by Gasteiger charge is 2.22. The van der Waals surface area contributed by atoms with Gasteiger partial charge in [0.2, 0.25) is 5.91 Å². The summed E-state index contributed by atoms with van der Waals surface area (Å²) < 4.78 is 0.974. The van der Waals surface area contributed by atoms with E-state index in [0.29, 0.717) is 6.42 Å². The van der Waals surface area contributed by atoms with Crippen LogP contribution in [-0.2, 0) is 4.79 Å². The maximum absolute atomic E-state index is 11.3. The molecule has 1 aliphatic heterocycles. The van der Waals surface area contributed by atoms with E-state index in [-0.39, 0.29) is 5.91 Å². The maximum atomic E-state index is 11.3. The Morgan fingerprint density at radius 3 is 2.71 bits per heavy atom. The quantitative estimate of drug-likeness (QED) is 0.753. The summed E-state index contributed by atoms with van der Waals surface area (Å²) in [5.41, 5.74) is 1.81. The molecular formula is C10H9BrN2O. The van der Waals surface area contributed by atoms with E-state index in [2.05, 4.69) is 21.0 Å². The summed E-state index contributed by atoms with van der Waals surface area (Å²) in [4.78, 5) is 11.3. The standard InChI is InChI=1S/C10H9BrN2O/c1-13-10(14)6-9(12-13)7-4-2-3-5-8(7)11/h2-5H,6H2,1H3. The molecule has 0 radical (unpaired) electrons. The summed E-state index contributed by atoms with van der Waals surface area (Å²) >= 11 is 3.44. The molecule has 72 valence electrons. The number of rotatable bonds is 1. The van der Waals surface area contributed by atoms with Gasteiger partial charge in [0.05, 0.1) is 12.1 Å². The summed E-state index contributed by atoms with van der Waals surface area (Å²) in [7, 11) is 1.67. The van der Waals surface area contributed by atoms with Gasteiger partial charge < -0.3 is 0 Å². The highest BCUT2D eigenvalue weighted by atomic mass is 79.9. The minimum absolute atomic E-state index is 0.0377. The highest BCUT2D eigenvalue weighted by molar-refractivity contribution is 9.10. The van der Waals surface area contributed by atoms with Crippen molar-refractivity contribution in [1.29, 1.82) is 0 Å². The van der Waals surface area contributed by atoms with Crippen molar-refractivity contribution in [1.82, 2.24) is 5.01 Å². The summed E-state index contributed by atoms with van der Waals surface area (Å²) in [6.07, 6.45) is 0.388. The molecule has 0 N–H and O–H groups in total. The Labute approximate surface area is 90.5 Å². The number of hydrogen-bond acceptors (Lipinski definition) is 2. The van der Waals surface area contributed by atoms with E-state index < -0.39 is 0 Å². The Morgan fingerprint density at radius 2 is 2.14 bits per heavy atom. The zero-order valence-corrected chi connectivity index (χ0v) is 9.28. The lowest BCUT2D eigenvalue weighted by Crippen LogP contribution is -2.14. The van der Waals surface area contributed by atoms with Crippen molar-refractivity contribution in [3.8, 4) is 0 Å². The lowest BCUT2D eigenvalue weighted by molar-refractivity contribution is -0.127. The van der Waals surface area contributed by atoms with Crippen molar-refractivity contribution in [2.75, 3.05) is 7.05 Å². The molecule has 0 saturated carbocycles. The Balaban J connectivity index is 2.38. The predicted octanol–water partition coefficient (Wildman–Crippen LogP) is 2.02. The molecule has 2 rings (SSSR count). The normalized spacial score (nSPS) is 16.0. The molecule has 1 aromatic rings. The van der Waals surface area contributed by atoms with Gasteiger partial charge in [0.1, 0.15) is 0 Å². The van der Waals surface area contributed by atoms with Gasteiger partial charge in [0.25, 0.3) is 0 Å². The molecular weight excluding hydrogens is 244 g/mol. The zero-order valence-electron chi connectivity index (χ0n) is 7.70. The molecule has 0 fully saturated rings. The SMILES string of the molecule is CN1N=C(c2ccccc2Br)CC1=O. The van der Waals surface area contributed by atoms with Gasteiger partial charge >= 0.3 is 0 Å². The molecule has 0 aromatic heterocycles. The van der Waals surface area contributed by atoms with Crippen LogP contribution in [0.3, 0.4) is 0 Å². The van der Waals surface area contributed by atoms with Crippen molar-refractivity contribution in [2.45, 2.75) is 6.42 Å². The van der Waals surface area contributed by atoms with E-state index in [4.69, 9.17) is 0 Å². The van der Waals surface area contributed by atoms with Crippen LogP contribution in [0.1, 0.15) is 12.0 Å². The number of nitrogens with zero attached hydrogens (tertiary/aromatic N) is 2. The molecule has 0 unspecified atom stereocenters. The number of carbonyl (C=O) groups is 1. The van der Waals surface area contributed by atoms with Crippen LogP contribution in [0.5, 0.6) is 0 Å². The molecule has 0 bridgehead atoms. The summed E-state index contributed by atoms with van der Waals surface area (Å²) in [6, 6.07) is 7.77. The number of benzene rings is 1. The fourth-order valence-corrected chi connectivity index (χ4v) is 1.89. The molecule has 1 heterocycles. The topological polar surface area (TPSA) is 32.7 Å². The van der Waals surface area contributed by atoms with E-state index in [1.54, 1.807) is 7.05 Å². The van der Waals surface area contributed by atoms with Gasteiger partial charge in [-0.2, -0.15) is 5.10 Å². The number of amides is 1. The smallest absolute Gasteiger partial charge is 0.248 e. The molecule has 0 aliphatic carbocycles. The lowest BCUT2D eigenvalue weighted by Gasteiger charge is -2.01. The second-order valence-corrected chi connectivity index (χ2v) is 3.97. The molecule has 1 amide bonds. The molecule has 1 aromatic carbocycles. The number of hydrogen-bond donors (Lipinski definition) is 0. The van der Waals surface area contributed by atoms with Gasteiger partial charge in [-0.1, -0.05) is 34.1 Å². The third kappa shape index (κ3) is 1.57. The van der Waals surface area contributed by atoms with Crippen molar-refractivity contribution < 1.29 is 4.79 Å². The van der Waals surface area contributed by atoms with Crippen LogP contribution < -0.4 is 0 Å². The van der Waals surface area contributed by atoms with Crippen LogP contribution in [0.15, 0.2) is 33.8 Å². The fraction of sp³-hybridized carbons (Fsp3) is 0.200. The van der Waals surface area contributed by atoms with E-state index in [1.165, 1.54) is 5.01 Å². The number of halogens is 1. The van der Waals surface area contributed by atoms with Crippen LogP contribution in [0.2, 0.25) is 0 Å². The molecule has 3 nitrogen and oxygen atoms in total. The predicted molar refractivity (Wildman–Crippen MR) is 58.1 cm³/mol. The Morgan fingerprint density at radius 1 is 1.43 bits per heavy atom. The van der Waals surface area contributed by atoms with Crippen LogP contribution in [0.4, 0.5) is 0 Å². The Bertz CT molecular complexity index is 414. The Kier molecular flexibility index (Phi) is 2.37. The fourth-order valence-electron chi connectivity index (χ4n) is 1.37. The molecule has 0 saturated heterocycles. The summed E-state index contributed by atoms with van der Waals surface area (Å²) in [5.74, 6) is 0.0377. The van der Waals surface area contributed by atoms with Crippen molar-refractivity contribution in [3.05, 3.63) is 34.3 Å². The third-order valence-electron chi connectivity index (χ3n) is 2.14. The number of carbonyl (C=O) groups excluding carboxylic acids is 1. The first-order valence-corrected chi connectivity index (χ1v) is 5.06. The largest absolute Gasteiger partial charge is 0.273 e. The van der Waals surface area contributed by atoms with Crippen LogP contribution in [0.25, 0.3) is 0 Å². The van der Waals surface area contributed by atoms with Crippen molar-refractivity contribution in [3.63, 3.8) is 0 Å². The van der Waals surface area contributed by atoms with E-state index in [0.717, 1.165) is 15.7 Å². The van der Waals surface area contributed by atoms with Gasteiger partial charge in [0, 0.05) is 17.1 Å². The molecule has 14 heavy (non-hydrogen) atoms. The second kappa shape index (κ2) is 3.53. The van der Waals surface area contributed by atoms with Gasteiger partial charge in [-0.05, 0) is 6.07 Å². The third-order valence-corrected chi connectivity index (χ3v) is 2.83. The van der Waals surface area contributed by atoms with E-state index >= 15 is 0 Å². The van der Waals surface area contributed by atoms with Gasteiger partial charge in [0.15, 0.2) is 0 Å². The van der Waals surface area contributed by atoms with Crippen molar-refractivity contribution in [2.24, 2.45) is 5.10 Å². The van der Waals surface area contributed by atoms with Gasteiger partial charge in [-0.15, -0.1) is 0 Å². The van der Waals surface area contributed by atoms with E-state index in [9.17, 15) is 4.79 Å². The molecule has 0 spiro atoms. The minimum atomic E-state index is 0.0377. The van der Waals surface area contributed by atoms with Crippen LogP contribution in [-0.4, -0.2) is 23.7 Å². The van der Waals surface area contributed by atoms with Gasteiger partial charge in [-0.25, -0.2) is 5.01 Å². The maximum Gasteiger partial charge on any atom is 0.248 e. The summed E-state index contributed by atoms with van der Waals surface area (Å²) in [5, 5.41) is 5.55. The Hall–Kier alpha value is -1.16. The molecule has 0 atom stereocenters. The van der Waals surface area contributed by atoms with Crippen LogP contribution >= 0.6 is 15.9 Å². The molecule has 4 heteroatoms. The first-order valence-electron chi connectivity index (χ1n) is 4.27. The van der Waals surface area contributed by atoms with Crippen molar-refractivity contribution >= 4 is 27.5 Å². The molecule has 1 aliphatic rings. The minimum Gasteiger partial charge on any atom is -0.273 e. The zero-order chi connectivity index (χ0) is 10.1. The van der Waals surface area contributed by atoms with Crippen LogP contribution in [0, 0.1) is 0 Å². The average molecular weight is 253 g/mol. The lowest BCUT2D eigenvalue weighted by atomic mass is 10.1. The monoisotopic (exact) mass is 252 g/mol. The second-order valence-electron chi connectivity index (χ2n) is 3.12. The highest BCUT2D eigenvalue weighted by Crippen LogP contribution is 2.21. The first-order chi connectivity index (χ1) is 6.68. The number of hydrazone groups is 1. The van der Waals surface area contributed by atoms with E-state index in [1.807, 2.05) is 24.3 Å². The summed E-state index contributed by atoms with van der Waals surface area (Å²) in [6.45, 7) is 0. The first kappa shape index (κ1) is 9.40. The average Bonchev–Trinajstić information content (AvgIpc) is 2.48.